The van der Waals surface area contributed by atoms with Gasteiger partial charge in [0.2, 0.25) is 0 Å². The summed E-state index contributed by atoms with van der Waals surface area (Å²) in [6.45, 7) is 12.7. The second-order valence-electron chi connectivity index (χ2n) is 5.98. The van der Waals surface area contributed by atoms with Crippen LogP contribution in [0.3, 0.4) is 0 Å². The normalized spacial score (nSPS) is 12.6. The molecule has 0 bridgehead atoms. The molecule has 1 aromatic carbocycles. The molecule has 0 aliphatic rings. The number of aryl methyl sites for hydroxylation is 1. The zero-order chi connectivity index (χ0) is 19.6. The van der Waals surface area contributed by atoms with Crippen LogP contribution in [0.2, 0.25) is 0 Å². The molecule has 7 heteroatoms. The molecule has 2 N–H and O–H groups in total. The van der Waals surface area contributed by atoms with E-state index in [-0.39, 0.29) is 6.04 Å². The smallest absolute Gasteiger partial charge is 0.192 e. The van der Waals surface area contributed by atoms with E-state index >= 15 is 0 Å². The van der Waals surface area contributed by atoms with Crippen LogP contribution in [0.4, 0.5) is 0 Å². The Morgan fingerprint density at radius 1 is 1.19 bits per heavy atom. The lowest BCUT2D eigenvalue weighted by atomic mass is 10.1. The molecule has 0 spiro atoms. The number of hydrogen-bond donors (Lipinski definition) is 2. The first-order valence-corrected chi connectivity index (χ1v) is 10.2. The van der Waals surface area contributed by atoms with Gasteiger partial charge in [0.1, 0.15) is 0 Å². The predicted molar refractivity (Wildman–Crippen MR) is 112 cm³/mol. The number of ether oxygens (including phenoxy) is 2. The summed E-state index contributed by atoms with van der Waals surface area (Å²) in [6.07, 6.45) is 1.89. The first-order chi connectivity index (χ1) is 13.1. The number of nitrogens with one attached hydrogen (secondary N) is 2. The van der Waals surface area contributed by atoms with Crippen molar-refractivity contribution in [1.82, 2.24) is 15.6 Å². The lowest BCUT2D eigenvalue weighted by molar-refractivity contribution is 0.287. The summed E-state index contributed by atoms with van der Waals surface area (Å²) in [7, 11) is 0. The van der Waals surface area contributed by atoms with E-state index in [0.717, 1.165) is 39.5 Å². The maximum atomic E-state index is 5.74. The van der Waals surface area contributed by atoms with Gasteiger partial charge < -0.3 is 20.1 Å². The average Bonchev–Trinajstić information content (AvgIpc) is 3.07. The van der Waals surface area contributed by atoms with E-state index < -0.39 is 0 Å². The Morgan fingerprint density at radius 3 is 2.56 bits per heavy atom. The summed E-state index contributed by atoms with van der Waals surface area (Å²) in [4.78, 5) is 10.1. The Bertz CT molecular complexity index is 745. The van der Waals surface area contributed by atoms with Gasteiger partial charge in [0.05, 0.1) is 30.8 Å². The van der Waals surface area contributed by atoms with Crippen molar-refractivity contribution in [1.29, 1.82) is 0 Å². The highest BCUT2D eigenvalue weighted by molar-refractivity contribution is 7.11. The first kappa shape index (κ1) is 21.0. The molecule has 0 saturated carbocycles. The third-order valence-corrected chi connectivity index (χ3v) is 4.72. The van der Waals surface area contributed by atoms with Crippen LogP contribution in [0.15, 0.2) is 29.4 Å². The van der Waals surface area contributed by atoms with Gasteiger partial charge in [0.15, 0.2) is 17.5 Å². The fourth-order valence-corrected chi connectivity index (χ4v) is 3.30. The van der Waals surface area contributed by atoms with E-state index in [9.17, 15) is 0 Å². The fraction of sp³-hybridized carbons (Fsp3) is 0.500. The summed E-state index contributed by atoms with van der Waals surface area (Å²) in [6, 6.07) is 6.12. The van der Waals surface area contributed by atoms with Gasteiger partial charge >= 0.3 is 0 Å². The summed E-state index contributed by atoms with van der Waals surface area (Å²) >= 11 is 1.67. The molecule has 2 aromatic rings. The van der Waals surface area contributed by atoms with Crippen molar-refractivity contribution < 1.29 is 9.47 Å². The van der Waals surface area contributed by atoms with Gasteiger partial charge in [-0.25, -0.2) is 9.98 Å². The van der Waals surface area contributed by atoms with Gasteiger partial charge in [-0.05, 0) is 52.3 Å². The molecule has 148 valence electrons. The van der Waals surface area contributed by atoms with E-state index in [2.05, 4.69) is 40.5 Å². The van der Waals surface area contributed by atoms with Gasteiger partial charge in [0.25, 0.3) is 0 Å². The largest absolute Gasteiger partial charge is 0.490 e. The number of guanidine groups is 1. The SMILES string of the molecule is CCNC(=NCc1cnc(C)s1)NC(C)c1ccc(OCC)c(OCC)c1. The highest BCUT2D eigenvalue weighted by Crippen LogP contribution is 2.30. The second kappa shape index (κ2) is 10.8. The molecule has 1 aromatic heterocycles. The van der Waals surface area contributed by atoms with E-state index in [1.807, 2.05) is 39.1 Å². The third-order valence-electron chi connectivity index (χ3n) is 3.83. The monoisotopic (exact) mass is 390 g/mol. The zero-order valence-electron chi connectivity index (χ0n) is 16.8. The molecule has 6 nitrogen and oxygen atoms in total. The Hall–Kier alpha value is -2.28. The lowest BCUT2D eigenvalue weighted by Crippen LogP contribution is -2.38. The van der Waals surface area contributed by atoms with E-state index in [1.54, 1.807) is 11.3 Å². The molecular formula is C20H30N4O2S. The number of hydrogen-bond acceptors (Lipinski definition) is 5. The van der Waals surface area contributed by atoms with Crippen molar-refractivity contribution in [3.05, 3.63) is 39.8 Å². The molecule has 0 fully saturated rings. The van der Waals surface area contributed by atoms with Gasteiger partial charge in [-0.2, -0.15) is 0 Å². The molecule has 0 amide bonds. The summed E-state index contributed by atoms with van der Waals surface area (Å²) in [5.41, 5.74) is 1.11. The molecule has 0 radical (unpaired) electrons. The van der Waals surface area contributed by atoms with Crippen LogP contribution < -0.4 is 20.1 Å². The Morgan fingerprint density at radius 2 is 1.93 bits per heavy atom. The number of aliphatic imine (C=N–C) groups is 1. The maximum Gasteiger partial charge on any atom is 0.192 e. The van der Waals surface area contributed by atoms with E-state index in [4.69, 9.17) is 9.47 Å². The summed E-state index contributed by atoms with van der Waals surface area (Å²) < 4.78 is 11.4. The van der Waals surface area contributed by atoms with Crippen LogP contribution in [-0.2, 0) is 6.54 Å². The van der Waals surface area contributed by atoms with Crippen LogP contribution in [0, 0.1) is 6.92 Å². The van der Waals surface area contributed by atoms with E-state index in [0.29, 0.717) is 19.8 Å². The number of aromatic nitrogens is 1. The Balaban J connectivity index is 2.11. The zero-order valence-corrected chi connectivity index (χ0v) is 17.7. The van der Waals surface area contributed by atoms with Gasteiger partial charge in [-0.1, -0.05) is 6.07 Å². The third kappa shape index (κ3) is 6.43. The van der Waals surface area contributed by atoms with Crippen molar-refractivity contribution in [2.75, 3.05) is 19.8 Å². The van der Waals surface area contributed by atoms with Crippen LogP contribution in [-0.4, -0.2) is 30.7 Å². The number of nitrogens with zero attached hydrogens (tertiary/aromatic N) is 2. The number of benzene rings is 1. The molecule has 1 heterocycles. The first-order valence-electron chi connectivity index (χ1n) is 9.43. The molecule has 1 unspecified atom stereocenters. The molecule has 1 atom stereocenters. The predicted octanol–water partition coefficient (Wildman–Crippen LogP) is 4.07. The number of rotatable bonds is 9. The minimum absolute atomic E-state index is 0.0703. The standard InChI is InChI=1S/C20H30N4O2S/c1-6-21-20(23-13-17-12-22-15(5)27-17)24-14(4)16-9-10-18(25-7-2)19(11-16)26-8-3/h9-12,14H,6-8,13H2,1-5H3,(H2,21,23,24). The molecule has 0 saturated heterocycles. The molecule has 0 aliphatic carbocycles. The minimum Gasteiger partial charge on any atom is -0.490 e. The average molecular weight is 391 g/mol. The van der Waals surface area contributed by atoms with E-state index in [1.165, 1.54) is 0 Å². The lowest BCUT2D eigenvalue weighted by Gasteiger charge is -2.20. The van der Waals surface area contributed by atoms with Crippen molar-refractivity contribution in [3.8, 4) is 11.5 Å². The molecule has 0 aliphatic heterocycles. The Labute approximate surface area is 166 Å². The van der Waals surface area contributed by atoms with Crippen LogP contribution in [0.5, 0.6) is 11.5 Å². The quantitative estimate of drug-likeness (QED) is 0.499. The molecule has 27 heavy (non-hydrogen) atoms. The fourth-order valence-electron chi connectivity index (χ4n) is 2.58. The maximum absolute atomic E-state index is 5.74. The van der Waals surface area contributed by atoms with Gasteiger partial charge in [-0.15, -0.1) is 11.3 Å². The summed E-state index contributed by atoms with van der Waals surface area (Å²) in [5, 5.41) is 7.82. The molecule has 2 rings (SSSR count). The molecular weight excluding hydrogens is 360 g/mol. The van der Waals surface area contributed by atoms with Crippen LogP contribution in [0.1, 0.15) is 49.2 Å². The number of thiazole rings is 1. The van der Waals surface area contributed by atoms with Crippen molar-refractivity contribution in [2.45, 2.75) is 47.2 Å². The Kier molecular flexibility index (Phi) is 8.39. The highest BCUT2D eigenvalue weighted by Gasteiger charge is 2.12. The highest BCUT2D eigenvalue weighted by atomic mass is 32.1. The minimum atomic E-state index is 0.0703. The van der Waals surface area contributed by atoms with Gasteiger partial charge in [-0.3, -0.25) is 0 Å². The summed E-state index contributed by atoms with van der Waals surface area (Å²) in [5.74, 6) is 2.33. The second-order valence-corrected chi connectivity index (χ2v) is 7.30. The van der Waals surface area contributed by atoms with Crippen LogP contribution >= 0.6 is 11.3 Å². The van der Waals surface area contributed by atoms with Gasteiger partial charge in [0, 0.05) is 17.6 Å². The van der Waals surface area contributed by atoms with Crippen molar-refractivity contribution >= 4 is 17.3 Å². The van der Waals surface area contributed by atoms with Crippen molar-refractivity contribution in [3.63, 3.8) is 0 Å². The topological polar surface area (TPSA) is 67.8 Å². The van der Waals surface area contributed by atoms with Crippen LogP contribution in [0.25, 0.3) is 0 Å². The van der Waals surface area contributed by atoms with Crippen molar-refractivity contribution in [2.24, 2.45) is 4.99 Å².